The van der Waals surface area contributed by atoms with Gasteiger partial charge in [-0.1, -0.05) is 122 Å². The molecule has 2 aliphatic rings. The summed E-state index contributed by atoms with van der Waals surface area (Å²) in [6.45, 7) is 2.32. The van der Waals surface area contributed by atoms with Gasteiger partial charge in [0.05, 0.1) is 0 Å². The second kappa shape index (κ2) is 8.37. The van der Waals surface area contributed by atoms with Gasteiger partial charge < -0.3 is 0 Å². The van der Waals surface area contributed by atoms with E-state index in [1.165, 1.54) is 49.7 Å². The van der Waals surface area contributed by atoms with Gasteiger partial charge in [0.25, 0.3) is 0 Å². The van der Waals surface area contributed by atoms with Crippen molar-refractivity contribution < 1.29 is 0 Å². The molecule has 0 spiro atoms. The molecule has 0 heterocycles. The second-order valence-electron chi connectivity index (χ2n) is 9.37. The molecule has 0 radical (unpaired) electrons. The first-order chi connectivity index (χ1) is 16.3. The van der Waals surface area contributed by atoms with Crippen molar-refractivity contribution in [2.75, 3.05) is 0 Å². The van der Waals surface area contributed by atoms with Gasteiger partial charge in [0.2, 0.25) is 0 Å². The molecule has 0 amide bonds. The van der Waals surface area contributed by atoms with Crippen LogP contribution in [0.2, 0.25) is 0 Å². The molecule has 0 bridgehead atoms. The minimum Gasteiger partial charge on any atom is -0.0836 e. The molecule has 6 rings (SSSR count). The summed E-state index contributed by atoms with van der Waals surface area (Å²) in [5.74, 6) is 1.03. The van der Waals surface area contributed by atoms with Crippen molar-refractivity contribution in [3.8, 4) is 22.3 Å². The van der Waals surface area contributed by atoms with Crippen LogP contribution in [0, 0.1) is 5.92 Å². The molecule has 33 heavy (non-hydrogen) atoms. The maximum absolute atomic E-state index is 2.38. The van der Waals surface area contributed by atoms with Gasteiger partial charge in [-0.15, -0.1) is 0 Å². The van der Waals surface area contributed by atoms with E-state index in [0.29, 0.717) is 11.8 Å². The molecule has 0 saturated heterocycles. The quantitative estimate of drug-likeness (QED) is 0.308. The van der Waals surface area contributed by atoms with Crippen LogP contribution in [0.15, 0.2) is 109 Å². The summed E-state index contributed by atoms with van der Waals surface area (Å²) in [5, 5.41) is 2.69. The fraction of sp³-hybridized carbons (Fsp3) is 0.152. The van der Waals surface area contributed by atoms with Gasteiger partial charge in [-0.3, -0.25) is 0 Å². The van der Waals surface area contributed by atoms with Crippen molar-refractivity contribution >= 4 is 16.8 Å². The number of hydrogen-bond donors (Lipinski definition) is 0. The van der Waals surface area contributed by atoms with E-state index in [-0.39, 0.29) is 0 Å². The Morgan fingerprint density at radius 2 is 1.36 bits per heavy atom. The van der Waals surface area contributed by atoms with Crippen LogP contribution in [-0.2, 0) is 6.42 Å². The molecule has 160 valence electrons. The van der Waals surface area contributed by atoms with Gasteiger partial charge in [0, 0.05) is 5.92 Å². The van der Waals surface area contributed by atoms with E-state index in [4.69, 9.17) is 0 Å². The molecule has 0 nitrogen and oxygen atoms in total. The topological polar surface area (TPSA) is 0 Å². The Hall–Kier alpha value is -3.64. The molecule has 0 fully saturated rings. The zero-order chi connectivity index (χ0) is 22.2. The lowest BCUT2D eigenvalue weighted by atomic mass is 9.78. The molecule has 0 heteroatoms. The molecule has 4 aromatic carbocycles. The monoisotopic (exact) mass is 424 g/mol. The van der Waals surface area contributed by atoms with Gasteiger partial charge in [-0.2, -0.15) is 0 Å². The van der Waals surface area contributed by atoms with Crippen molar-refractivity contribution in [2.45, 2.75) is 25.7 Å². The maximum Gasteiger partial charge on any atom is 0.00557 e. The third-order valence-electron chi connectivity index (χ3n) is 7.15. The average molecular weight is 425 g/mol. The summed E-state index contributed by atoms with van der Waals surface area (Å²) in [7, 11) is 0. The zero-order valence-corrected chi connectivity index (χ0v) is 19.0. The van der Waals surface area contributed by atoms with Gasteiger partial charge >= 0.3 is 0 Å². The summed E-state index contributed by atoms with van der Waals surface area (Å²) in [4.78, 5) is 0. The highest BCUT2D eigenvalue weighted by molar-refractivity contribution is 6.10. The predicted octanol–water partition coefficient (Wildman–Crippen LogP) is 8.98. The highest BCUT2D eigenvalue weighted by Crippen LogP contribution is 2.45. The Bertz CT molecular complexity index is 1400. The summed E-state index contributed by atoms with van der Waals surface area (Å²) >= 11 is 0. The fourth-order valence-electron chi connectivity index (χ4n) is 5.53. The summed E-state index contributed by atoms with van der Waals surface area (Å²) in [6, 6.07) is 29.2. The zero-order valence-electron chi connectivity index (χ0n) is 19.0. The van der Waals surface area contributed by atoms with Gasteiger partial charge in [0.1, 0.15) is 0 Å². The summed E-state index contributed by atoms with van der Waals surface area (Å²) in [6.07, 6.45) is 15.8. The SMILES string of the molecule is CC1C=Cc2c(c(-c3ccccc3)c3ccccc3c2-c2ccc(C3C=CC=CC3)cc2)C1. The standard InChI is InChI=1S/C33H28/c1-23-16-21-30-31(22-23)33(26-12-6-3-7-13-26)29-15-9-8-14-28(29)32(30)27-19-17-25(18-20-27)24-10-4-2-5-11-24/h2-10,12-21,23-24H,11,22H2,1H3. The van der Waals surface area contributed by atoms with Crippen LogP contribution in [0.4, 0.5) is 0 Å². The van der Waals surface area contributed by atoms with Gasteiger partial charge in [0.15, 0.2) is 0 Å². The van der Waals surface area contributed by atoms with Crippen molar-refractivity contribution in [1.82, 2.24) is 0 Å². The molecule has 0 aliphatic heterocycles. The van der Waals surface area contributed by atoms with Crippen LogP contribution in [0.3, 0.4) is 0 Å². The van der Waals surface area contributed by atoms with E-state index in [2.05, 4.69) is 122 Å². The Morgan fingerprint density at radius 3 is 2.09 bits per heavy atom. The Kier molecular flexibility index (Phi) is 5.07. The lowest BCUT2D eigenvalue weighted by Gasteiger charge is -2.26. The van der Waals surface area contributed by atoms with Crippen LogP contribution < -0.4 is 0 Å². The first-order valence-corrected chi connectivity index (χ1v) is 12.0. The normalized spacial score (nSPS) is 19.1. The second-order valence-corrected chi connectivity index (χ2v) is 9.37. The number of fused-ring (bicyclic) bond motifs is 2. The number of allylic oxidation sites excluding steroid dienone is 5. The molecule has 2 unspecified atom stereocenters. The Labute approximate surface area is 196 Å². The van der Waals surface area contributed by atoms with E-state index in [0.717, 1.165) is 12.8 Å². The molecule has 4 aromatic rings. The van der Waals surface area contributed by atoms with Crippen molar-refractivity contribution in [1.29, 1.82) is 0 Å². The summed E-state index contributed by atoms with van der Waals surface area (Å²) in [5.41, 5.74) is 9.65. The summed E-state index contributed by atoms with van der Waals surface area (Å²) < 4.78 is 0. The predicted molar refractivity (Wildman–Crippen MR) is 142 cm³/mol. The van der Waals surface area contributed by atoms with Crippen molar-refractivity contribution in [2.24, 2.45) is 5.92 Å². The van der Waals surface area contributed by atoms with Crippen LogP contribution in [-0.4, -0.2) is 0 Å². The highest BCUT2D eigenvalue weighted by atomic mass is 14.3. The molecule has 0 N–H and O–H groups in total. The van der Waals surface area contributed by atoms with Crippen LogP contribution in [0.5, 0.6) is 0 Å². The van der Waals surface area contributed by atoms with E-state index in [9.17, 15) is 0 Å². The molecular formula is C33H28. The third-order valence-corrected chi connectivity index (χ3v) is 7.15. The van der Waals surface area contributed by atoms with Crippen molar-refractivity contribution in [3.05, 3.63) is 126 Å². The van der Waals surface area contributed by atoms with Crippen LogP contribution >= 0.6 is 0 Å². The molecule has 2 aliphatic carbocycles. The smallest absolute Gasteiger partial charge is 0.00557 e. The Balaban J connectivity index is 1.59. The number of hydrogen-bond acceptors (Lipinski definition) is 0. The molecular weight excluding hydrogens is 396 g/mol. The lowest BCUT2D eigenvalue weighted by molar-refractivity contribution is 0.719. The molecule has 0 aromatic heterocycles. The first-order valence-electron chi connectivity index (χ1n) is 12.0. The highest BCUT2D eigenvalue weighted by Gasteiger charge is 2.23. The minimum atomic E-state index is 0.482. The maximum atomic E-state index is 2.38. The Morgan fingerprint density at radius 1 is 0.667 bits per heavy atom. The number of benzene rings is 4. The number of rotatable bonds is 3. The van der Waals surface area contributed by atoms with E-state index < -0.39 is 0 Å². The van der Waals surface area contributed by atoms with Gasteiger partial charge in [-0.05, 0) is 68.5 Å². The van der Waals surface area contributed by atoms with Crippen LogP contribution in [0.25, 0.3) is 39.1 Å². The van der Waals surface area contributed by atoms with E-state index in [1.807, 2.05) is 0 Å². The average Bonchev–Trinajstić information content (AvgIpc) is 2.88. The van der Waals surface area contributed by atoms with Gasteiger partial charge in [-0.25, -0.2) is 0 Å². The molecule has 2 atom stereocenters. The largest absolute Gasteiger partial charge is 0.0836 e. The van der Waals surface area contributed by atoms with Crippen LogP contribution in [0.1, 0.15) is 36.0 Å². The molecule has 0 saturated carbocycles. The fourth-order valence-corrected chi connectivity index (χ4v) is 5.53. The first kappa shape index (κ1) is 20.0. The minimum absolute atomic E-state index is 0.482. The van der Waals surface area contributed by atoms with E-state index in [1.54, 1.807) is 0 Å². The van der Waals surface area contributed by atoms with E-state index >= 15 is 0 Å². The van der Waals surface area contributed by atoms with Crippen molar-refractivity contribution in [3.63, 3.8) is 0 Å². The third kappa shape index (κ3) is 3.56. The lowest BCUT2D eigenvalue weighted by Crippen LogP contribution is -2.08.